The van der Waals surface area contributed by atoms with Gasteiger partial charge in [0, 0.05) is 12.6 Å². The lowest BCUT2D eigenvalue weighted by Gasteiger charge is -2.12. The topological polar surface area (TPSA) is 160 Å². The fraction of sp³-hybridized carbons (Fsp3) is 0.407. The average molecular weight is 620 g/mol. The molecule has 2 aromatic heterocycles. The van der Waals surface area contributed by atoms with Gasteiger partial charge in [0.2, 0.25) is 5.91 Å². The van der Waals surface area contributed by atoms with Crippen molar-refractivity contribution in [3.05, 3.63) is 45.6 Å². The molecule has 1 atom stereocenters. The lowest BCUT2D eigenvalue weighted by atomic mass is 10.1. The minimum Gasteiger partial charge on any atom is -0.493 e. The van der Waals surface area contributed by atoms with Crippen molar-refractivity contribution in [3.63, 3.8) is 0 Å². The fourth-order valence-corrected chi connectivity index (χ4v) is 5.63. The number of carbonyl (C=O) groups excluding carboxylic acids is 4. The predicted molar refractivity (Wildman–Crippen MR) is 157 cm³/mol. The van der Waals surface area contributed by atoms with Crippen LogP contribution < -0.4 is 20.1 Å². The Kier molecular flexibility index (Phi) is 11.3. The summed E-state index contributed by atoms with van der Waals surface area (Å²) in [6.45, 7) is 7.01. The summed E-state index contributed by atoms with van der Waals surface area (Å²) in [5.74, 6) is -0.590. The number of anilines is 1. The van der Waals surface area contributed by atoms with Crippen LogP contribution in [0.1, 0.15) is 62.5 Å². The number of aromatic nitrogens is 3. The highest BCUT2D eigenvalue weighted by Gasteiger charge is 2.29. The largest absolute Gasteiger partial charge is 0.493 e. The molecule has 1 unspecified atom stereocenters. The van der Waals surface area contributed by atoms with Crippen LogP contribution >= 0.6 is 23.1 Å². The zero-order chi connectivity index (χ0) is 31.0. The summed E-state index contributed by atoms with van der Waals surface area (Å²) in [6, 6.07) is 4.83. The highest BCUT2D eigenvalue weighted by Crippen LogP contribution is 2.35. The summed E-state index contributed by atoms with van der Waals surface area (Å²) in [7, 11) is 4.72. The van der Waals surface area contributed by atoms with Crippen LogP contribution in [0.15, 0.2) is 23.4 Å². The van der Waals surface area contributed by atoms with Gasteiger partial charge in [-0.1, -0.05) is 11.8 Å². The lowest BCUT2D eigenvalue weighted by Crippen LogP contribution is -2.25. The predicted octanol–water partition coefficient (Wildman–Crippen LogP) is 3.60. The number of hydrogen-bond acceptors (Lipinski definition) is 12. The summed E-state index contributed by atoms with van der Waals surface area (Å²) < 4.78 is 22.4. The summed E-state index contributed by atoms with van der Waals surface area (Å²) in [4.78, 5) is 51.1. The maximum atomic E-state index is 13.1. The maximum absolute atomic E-state index is 13.1. The number of thioether (sulfide) groups is 1. The van der Waals surface area contributed by atoms with Crippen molar-refractivity contribution >= 4 is 51.9 Å². The van der Waals surface area contributed by atoms with Crippen molar-refractivity contribution in [2.45, 2.75) is 44.6 Å². The number of esters is 2. The van der Waals surface area contributed by atoms with E-state index in [0.29, 0.717) is 33.6 Å². The van der Waals surface area contributed by atoms with Crippen LogP contribution in [0.5, 0.6) is 11.5 Å². The molecule has 0 aliphatic rings. The van der Waals surface area contributed by atoms with Gasteiger partial charge in [0.05, 0.1) is 44.8 Å². The average Bonchev–Trinajstić information content (AvgIpc) is 3.49. The van der Waals surface area contributed by atoms with Crippen molar-refractivity contribution in [2.24, 2.45) is 7.05 Å². The van der Waals surface area contributed by atoms with E-state index in [1.165, 1.54) is 14.2 Å². The van der Waals surface area contributed by atoms with Gasteiger partial charge in [-0.2, -0.15) is 0 Å². The summed E-state index contributed by atoms with van der Waals surface area (Å²) in [5, 5.41) is 13.8. The first-order valence-electron chi connectivity index (χ1n) is 12.9. The molecule has 2 amide bonds. The van der Waals surface area contributed by atoms with E-state index in [2.05, 4.69) is 20.8 Å². The number of carbonyl (C=O) groups is 4. The maximum Gasteiger partial charge on any atom is 0.348 e. The zero-order valence-electron chi connectivity index (χ0n) is 24.4. The van der Waals surface area contributed by atoms with Crippen LogP contribution in [-0.2, 0) is 27.9 Å². The first-order valence-corrected chi connectivity index (χ1v) is 14.6. The Bertz CT molecular complexity index is 1470. The molecule has 3 aromatic rings. The molecule has 0 aliphatic heterocycles. The lowest BCUT2D eigenvalue weighted by molar-refractivity contribution is -0.115. The van der Waals surface area contributed by atoms with Gasteiger partial charge in [-0.05, 0) is 51.5 Å². The molecule has 0 fully saturated rings. The molecule has 0 saturated heterocycles. The summed E-state index contributed by atoms with van der Waals surface area (Å²) in [6.07, 6.45) is 0. The van der Waals surface area contributed by atoms with Crippen molar-refractivity contribution < 1.29 is 38.1 Å². The summed E-state index contributed by atoms with van der Waals surface area (Å²) in [5.41, 5.74) is 0.869. The number of nitrogens with zero attached hydrogens (tertiary/aromatic N) is 3. The van der Waals surface area contributed by atoms with Crippen LogP contribution in [-0.4, -0.2) is 71.2 Å². The van der Waals surface area contributed by atoms with E-state index in [9.17, 15) is 19.2 Å². The third-order valence-corrected chi connectivity index (χ3v) is 8.27. The van der Waals surface area contributed by atoms with Gasteiger partial charge in [-0.15, -0.1) is 21.5 Å². The first kappa shape index (κ1) is 32.4. The van der Waals surface area contributed by atoms with Gasteiger partial charge < -0.3 is 34.1 Å². The van der Waals surface area contributed by atoms with Crippen molar-refractivity contribution in [1.29, 1.82) is 0 Å². The minimum absolute atomic E-state index is 0.0891. The molecule has 3 rings (SSSR count). The molecule has 0 saturated carbocycles. The van der Waals surface area contributed by atoms with Crippen LogP contribution in [0.3, 0.4) is 0 Å². The second kappa shape index (κ2) is 14.7. The van der Waals surface area contributed by atoms with E-state index < -0.39 is 23.1 Å². The Balaban J connectivity index is 1.69. The number of methoxy groups -OCH3 is 2. The highest BCUT2D eigenvalue weighted by atomic mass is 32.2. The van der Waals surface area contributed by atoms with Gasteiger partial charge in [0.15, 0.2) is 22.5 Å². The first-order chi connectivity index (χ1) is 20.1. The fourth-order valence-electron chi connectivity index (χ4n) is 3.71. The molecule has 42 heavy (non-hydrogen) atoms. The number of thiophene rings is 1. The van der Waals surface area contributed by atoms with Crippen molar-refractivity contribution in [3.8, 4) is 11.5 Å². The standard InChI is InChI=1S/C27H33N5O8S2/c1-8-39-25(35)20-14(3)21(26(36)40-9-2)42-24(20)29-22(33)15(4)41-27-31-30-19(32(27)5)13-28-23(34)16-10-11-17(37-6)18(12-16)38-7/h10-12,15H,8-9,13H2,1-7H3,(H,28,34)(H,29,33). The third-order valence-electron chi connectivity index (χ3n) is 5.95. The molecule has 226 valence electrons. The minimum atomic E-state index is -0.661. The van der Waals surface area contributed by atoms with E-state index in [0.717, 1.165) is 23.1 Å². The molecular weight excluding hydrogens is 586 g/mol. The van der Waals surface area contributed by atoms with Crippen molar-refractivity contribution in [2.75, 3.05) is 32.8 Å². The molecule has 0 spiro atoms. The zero-order valence-corrected chi connectivity index (χ0v) is 26.0. The van der Waals surface area contributed by atoms with E-state index in [-0.39, 0.29) is 41.1 Å². The molecular formula is C27H33N5O8S2. The van der Waals surface area contributed by atoms with E-state index in [4.69, 9.17) is 18.9 Å². The quantitative estimate of drug-likeness (QED) is 0.213. The number of ether oxygens (including phenoxy) is 4. The highest BCUT2D eigenvalue weighted by molar-refractivity contribution is 8.00. The Hall–Kier alpha value is -4.11. The van der Waals surface area contributed by atoms with Crippen LogP contribution in [0.25, 0.3) is 0 Å². The van der Waals surface area contributed by atoms with Crippen LogP contribution in [0, 0.1) is 6.92 Å². The number of benzene rings is 1. The SMILES string of the molecule is CCOC(=O)c1sc(NC(=O)C(C)Sc2nnc(CNC(=O)c3ccc(OC)c(OC)c3)n2C)c(C(=O)OCC)c1C. The smallest absolute Gasteiger partial charge is 0.348 e. The van der Waals surface area contributed by atoms with Crippen LogP contribution in [0.2, 0.25) is 0 Å². The molecule has 13 nitrogen and oxygen atoms in total. The number of hydrogen-bond donors (Lipinski definition) is 2. The summed E-state index contributed by atoms with van der Waals surface area (Å²) >= 11 is 2.09. The van der Waals surface area contributed by atoms with Gasteiger partial charge in [0.25, 0.3) is 5.91 Å². The Morgan fingerprint density at radius 3 is 2.33 bits per heavy atom. The third kappa shape index (κ3) is 7.39. The van der Waals surface area contributed by atoms with E-state index in [1.807, 2.05) is 0 Å². The second-order valence-electron chi connectivity index (χ2n) is 8.66. The van der Waals surface area contributed by atoms with Gasteiger partial charge in [-0.3, -0.25) is 9.59 Å². The van der Waals surface area contributed by atoms with Gasteiger partial charge >= 0.3 is 11.9 Å². The Morgan fingerprint density at radius 1 is 1.02 bits per heavy atom. The molecule has 1 aromatic carbocycles. The Morgan fingerprint density at radius 2 is 1.69 bits per heavy atom. The van der Waals surface area contributed by atoms with Crippen LogP contribution in [0.4, 0.5) is 5.00 Å². The van der Waals surface area contributed by atoms with E-state index in [1.54, 1.807) is 57.5 Å². The number of nitrogens with one attached hydrogen (secondary N) is 2. The van der Waals surface area contributed by atoms with Gasteiger partial charge in [0.1, 0.15) is 9.88 Å². The molecule has 0 radical (unpaired) electrons. The number of rotatable bonds is 13. The monoisotopic (exact) mass is 619 g/mol. The Labute approximate surface area is 251 Å². The normalized spacial score (nSPS) is 11.4. The molecule has 2 N–H and O–H groups in total. The van der Waals surface area contributed by atoms with Crippen molar-refractivity contribution in [1.82, 2.24) is 20.1 Å². The van der Waals surface area contributed by atoms with Gasteiger partial charge in [-0.25, -0.2) is 9.59 Å². The molecule has 0 aliphatic carbocycles. The molecule has 15 heteroatoms. The number of amides is 2. The molecule has 0 bridgehead atoms. The second-order valence-corrected chi connectivity index (χ2v) is 11.0. The molecule has 2 heterocycles. The van der Waals surface area contributed by atoms with E-state index >= 15 is 0 Å².